The summed E-state index contributed by atoms with van der Waals surface area (Å²) >= 11 is 0. The lowest BCUT2D eigenvalue weighted by Gasteiger charge is -2.12. The Morgan fingerprint density at radius 3 is 2.72 bits per heavy atom. The minimum absolute atomic E-state index is 0.320. The highest BCUT2D eigenvalue weighted by molar-refractivity contribution is 5.81. The zero-order chi connectivity index (χ0) is 20.2. The van der Waals surface area contributed by atoms with E-state index in [-0.39, 0.29) is 5.82 Å². The van der Waals surface area contributed by atoms with E-state index < -0.39 is 0 Å². The summed E-state index contributed by atoms with van der Waals surface area (Å²) in [5.41, 5.74) is 3.34. The summed E-state index contributed by atoms with van der Waals surface area (Å²) in [6, 6.07) is 17.8. The lowest BCUT2D eigenvalue weighted by molar-refractivity contribution is 0.303. The summed E-state index contributed by atoms with van der Waals surface area (Å²) in [5.74, 6) is 1.61. The number of anilines is 2. The highest BCUT2D eigenvalue weighted by Gasteiger charge is 2.07. The van der Waals surface area contributed by atoms with Gasteiger partial charge in [-0.3, -0.25) is 0 Å². The topological polar surface area (TPSA) is 56.3 Å². The van der Waals surface area contributed by atoms with Crippen molar-refractivity contribution in [3.63, 3.8) is 0 Å². The molecule has 1 heterocycles. The fourth-order valence-corrected chi connectivity index (χ4v) is 3.01. The minimum atomic E-state index is -0.320. The molecule has 0 spiro atoms. The highest BCUT2D eigenvalue weighted by Crippen LogP contribution is 2.26. The maximum Gasteiger partial charge on any atom is 0.227 e. The predicted octanol–water partition coefficient (Wildman–Crippen LogP) is 5.41. The van der Waals surface area contributed by atoms with E-state index in [2.05, 4.69) is 15.3 Å². The number of nitrogens with zero attached hydrogens (tertiary/aromatic N) is 2. The number of rotatable bonds is 6. The first-order chi connectivity index (χ1) is 14.1. The van der Waals surface area contributed by atoms with E-state index in [4.69, 9.17) is 9.47 Å². The molecule has 0 atom stereocenters. The molecule has 0 amide bonds. The van der Waals surface area contributed by atoms with Crippen molar-refractivity contribution in [2.24, 2.45) is 0 Å². The van der Waals surface area contributed by atoms with Crippen molar-refractivity contribution in [2.75, 3.05) is 12.4 Å². The van der Waals surface area contributed by atoms with Gasteiger partial charge in [-0.15, -0.1) is 0 Å². The first-order valence-electron chi connectivity index (χ1n) is 9.16. The van der Waals surface area contributed by atoms with Crippen molar-refractivity contribution in [1.29, 1.82) is 0 Å². The van der Waals surface area contributed by atoms with Crippen molar-refractivity contribution in [2.45, 2.75) is 13.5 Å². The Hall–Kier alpha value is -3.67. The number of hydrogen-bond donors (Lipinski definition) is 1. The molecular formula is C23H20FN3O2. The molecule has 5 nitrogen and oxygen atoms in total. The number of hydrogen-bond acceptors (Lipinski definition) is 5. The smallest absolute Gasteiger partial charge is 0.227 e. The molecule has 4 rings (SSSR count). The standard InChI is InChI=1S/C23H20FN3O2/c1-15-9-17-13-25-23(26-19-7-4-6-18(24)11-19)27-21(17)12-22(15)29-14-16-5-3-8-20(10-16)28-2/h3-13H,14H2,1-2H3,(H,25,26,27). The molecule has 0 fully saturated rings. The largest absolute Gasteiger partial charge is 0.497 e. The monoisotopic (exact) mass is 389 g/mol. The number of nitrogens with one attached hydrogen (secondary N) is 1. The zero-order valence-corrected chi connectivity index (χ0v) is 16.1. The number of benzene rings is 3. The van der Waals surface area contributed by atoms with Crippen molar-refractivity contribution in [1.82, 2.24) is 9.97 Å². The molecule has 0 aliphatic heterocycles. The number of aromatic nitrogens is 2. The van der Waals surface area contributed by atoms with Crippen LogP contribution in [0.25, 0.3) is 10.9 Å². The molecule has 1 aromatic heterocycles. The van der Waals surface area contributed by atoms with Gasteiger partial charge in [0.1, 0.15) is 23.9 Å². The summed E-state index contributed by atoms with van der Waals surface area (Å²) < 4.78 is 24.7. The number of methoxy groups -OCH3 is 1. The fourth-order valence-electron chi connectivity index (χ4n) is 3.01. The van der Waals surface area contributed by atoms with E-state index in [1.165, 1.54) is 12.1 Å². The van der Waals surface area contributed by atoms with Crippen LogP contribution in [0.4, 0.5) is 16.0 Å². The fraction of sp³-hybridized carbons (Fsp3) is 0.130. The molecule has 0 unspecified atom stereocenters. The van der Waals surface area contributed by atoms with Crippen LogP contribution in [0.5, 0.6) is 11.5 Å². The molecule has 146 valence electrons. The summed E-state index contributed by atoms with van der Waals surface area (Å²) in [5, 5.41) is 3.93. The average Bonchev–Trinajstić information content (AvgIpc) is 2.72. The molecule has 0 bridgehead atoms. The molecule has 0 aliphatic carbocycles. The second-order valence-electron chi connectivity index (χ2n) is 6.65. The van der Waals surface area contributed by atoms with Gasteiger partial charge in [-0.2, -0.15) is 0 Å². The molecule has 3 aromatic carbocycles. The molecule has 0 saturated carbocycles. The second kappa shape index (κ2) is 8.14. The van der Waals surface area contributed by atoms with Crippen molar-refractivity contribution in [3.8, 4) is 11.5 Å². The van der Waals surface area contributed by atoms with Crippen LogP contribution in [0.15, 0.2) is 66.9 Å². The van der Waals surface area contributed by atoms with Gasteiger partial charge in [-0.25, -0.2) is 14.4 Å². The predicted molar refractivity (Wildman–Crippen MR) is 111 cm³/mol. The summed E-state index contributed by atoms with van der Waals surface area (Å²) in [7, 11) is 1.64. The number of ether oxygens (including phenoxy) is 2. The van der Waals surface area contributed by atoms with Gasteiger partial charge in [0.15, 0.2) is 0 Å². The van der Waals surface area contributed by atoms with Gasteiger partial charge >= 0.3 is 0 Å². The molecule has 6 heteroatoms. The number of halogens is 1. The third-order valence-electron chi connectivity index (χ3n) is 4.49. The van der Waals surface area contributed by atoms with Crippen LogP contribution >= 0.6 is 0 Å². The first kappa shape index (κ1) is 18.7. The molecular weight excluding hydrogens is 369 g/mol. The third-order valence-corrected chi connectivity index (χ3v) is 4.49. The Bertz CT molecular complexity index is 1160. The second-order valence-corrected chi connectivity index (χ2v) is 6.65. The normalized spacial score (nSPS) is 10.7. The van der Waals surface area contributed by atoms with Crippen molar-refractivity contribution < 1.29 is 13.9 Å². The Kier molecular flexibility index (Phi) is 5.24. The molecule has 0 radical (unpaired) electrons. The highest BCUT2D eigenvalue weighted by atomic mass is 19.1. The van der Waals surface area contributed by atoms with Crippen LogP contribution in [0.1, 0.15) is 11.1 Å². The Morgan fingerprint density at radius 1 is 1.03 bits per heavy atom. The maximum atomic E-state index is 13.4. The first-order valence-corrected chi connectivity index (χ1v) is 9.16. The minimum Gasteiger partial charge on any atom is -0.497 e. The zero-order valence-electron chi connectivity index (χ0n) is 16.1. The third kappa shape index (κ3) is 4.43. The van der Waals surface area contributed by atoms with E-state index >= 15 is 0 Å². The van der Waals surface area contributed by atoms with E-state index in [1.807, 2.05) is 43.3 Å². The van der Waals surface area contributed by atoms with Gasteiger partial charge in [0.25, 0.3) is 0 Å². The quantitative estimate of drug-likeness (QED) is 0.478. The molecule has 1 N–H and O–H groups in total. The van der Waals surface area contributed by atoms with Crippen LogP contribution in [0.2, 0.25) is 0 Å². The van der Waals surface area contributed by atoms with Crippen molar-refractivity contribution >= 4 is 22.5 Å². The number of fused-ring (bicyclic) bond motifs is 1. The van der Waals surface area contributed by atoms with E-state index in [1.54, 1.807) is 25.4 Å². The molecule has 0 aliphatic rings. The summed E-state index contributed by atoms with van der Waals surface area (Å²) in [6.45, 7) is 2.41. The van der Waals surface area contributed by atoms with E-state index in [0.29, 0.717) is 18.2 Å². The van der Waals surface area contributed by atoms with Gasteiger partial charge in [0.05, 0.1) is 12.6 Å². The van der Waals surface area contributed by atoms with Gasteiger partial charge < -0.3 is 14.8 Å². The SMILES string of the molecule is COc1cccc(COc2cc3nc(Nc4cccc(F)c4)ncc3cc2C)c1. The Morgan fingerprint density at radius 2 is 1.90 bits per heavy atom. The maximum absolute atomic E-state index is 13.4. The van der Waals surface area contributed by atoms with Crippen LogP contribution in [0.3, 0.4) is 0 Å². The van der Waals surface area contributed by atoms with Crippen LogP contribution in [-0.4, -0.2) is 17.1 Å². The lowest BCUT2D eigenvalue weighted by Crippen LogP contribution is -2.00. The van der Waals surface area contributed by atoms with Gasteiger partial charge in [0, 0.05) is 23.3 Å². The Balaban J connectivity index is 1.57. The van der Waals surface area contributed by atoms with E-state index in [9.17, 15) is 4.39 Å². The molecule has 4 aromatic rings. The summed E-state index contributed by atoms with van der Waals surface area (Å²) in [4.78, 5) is 8.86. The average molecular weight is 389 g/mol. The van der Waals surface area contributed by atoms with Gasteiger partial charge in [0.2, 0.25) is 5.95 Å². The molecule has 29 heavy (non-hydrogen) atoms. The molecule has 0 saturated heterocycles. The lowest BCUT2D eigenvalue weighted by atomic mass is 10.1. The van der Waals surface area contributed by atoms with Crippen LogP contribution < -0.4 is 14.8 Å². The van der Waals surface area contributed by atoms with E-state index in [0.717, 1.165) is 33.5 Å². The summed E-state index contributed by atoms with van der Waals surface area (Å²) in [6.07, 6.45) is 1.74. The van der Waals surface area contributed by atoms with Crippen LogP contribution in [0, 0.1) is 12.7 Å². The van der Waals surface area contributed by atoms with Crippen molar-refractivity contribution in [3.05, 3.63) is 83.8 Å². The van der Waals surface area contributed by atoms with Gasteiger partial charge in [-0.05, 0) is 54.4 Å². The van der Waals surface area contributed by atoms with Crippen LogP contribution in [-0.2, 0) is 6.61 Å². The Labute approximate surface area is 168 Å². The van der Waals surface area contributed by atoms with Gasteiger partial charge in [-0.1, -0.05) is 18.2 Å². The number of aryl methyl sites for hydroxylation is 1.